The molecular weight excluding hydrogens is 395 g/mol. The van der Waals surface area contributed by atoms with Crippen LogP contribution in [0, 0.1) is 5.82 Å². The monoisotopic (exact) mass is 410 g/mol. The van der Waals surface area contributed by atoms with Crippen molar-refractivity contribution in [1.82, 2.24) is 39.9 Å². The van der Waals surface area contributed by atoms with Crippen molar-refractivity contribution >= 4 is 21.9 Å². The zero-order valence-electron chi connectivity index (χ0n) is 16.3. The molecule has 5 heterocycles. The molecule has 0 spiro atoms. The van der Waals surface area contributed by atoms with Crippen LogP contribution < -0.4 is 0 Å². The van der Waals surface area contributed by atoms with Crippen LogP contribution in [-0.4, -0.2) is 39.9 Å². The van der Waals surface area contributed by atoms with E-state index in [0.29, 0.717) is 28.3 Å². The molecular formula is C22H15FN8. The number of aromatic amines is 2. The van der Waals surface area contributed by atoms with Crippen molar-refractivity contribution in [3.63, 3.8) is 0 Å². The Balaban J connectivity index is 1.51. The average molecular weight is 410 g/mol. The third kappa shape index (κ3) is 2.86. The number of aromatic nitrogens is 8. The number of imidazole rings is 1. The lowest BCUT2D eigenvalue weighted by molar-refractivity contribution is 0.628. The van der Waals surface area contributed by atoms with Gasteiger partial charge in [0.15, 0.2) is 5.82 Å². The molecule has 0 aliphatic rings. The Kier molecular flexibility index (Phi) is 3.69. The summed E-state index contributed by atoms with van der Waals surface area (Å²) in [5, 5.41) is 12.6. The Bertz CT molecular complexity index is 1580. The predicted molar refractivity (Wildman–Crippen MR) is 114 cm³/mol. The number of H-pyrrole nitrogens is 2. The van der Waals surface area contributed by atoms with Crippen molar-refractivity contribution in [2.24, 2.45) is 7.05 Å². The van der Waals surface area contributed by atoms with Gasteiger partial charge in [0.1, 0.15) is 17.0 Å². The Morgan fingerprint density at radius 2 is 1.90 bits per heavy atom. The van der Waals surface area contributed by atoms with Crippen molar-refractivity contribution < 1.29 is 4.39 Å². The SMILES string of the molecule is Cn1cc(-c2cc3c(-c4nc5c(-c6cccc(F)c6)nccc5[nH]4)n[nH]c3cn2)cn1. The molecule has 6 rings (SSSR count). The quantitative estimate of drug-likeness (QED) is 0.457. The maximum Gasteiger partial charge on any atom is 0.159 e. The summed E-state index contributed by atoms with van der Waals surface area (Å²) in [5.41, 5.74) is 5.90. The molecule has 1 aromatic carbocycles. The number of fused-ring (bicyclic) bond motifs is 2. The van der Waals surface area contributed by atoms with Gasteiger partial charge in [0.05, 0.1) is 34.8 Å². The zero-order valence-corrected chi connectivity index (χ0v) is 16.3. The van der Waals surface area contributed by atoms with E-state index in [1.165, 1.54) is 12.1 Å². The van der Waals surface area contributed by atoms with E-state index >= 15 is 0 Å². The fourth-order valence-corrected chi connectivity index (χ4v) is 3.70. The highest BCUT2D eigenvalue weighted by atomic mass is 19.1. The van der Waals surface area contributed by atoms with Gasteiger partial charge in [-0.05, 0) is 24.3 Å². The fraction of sp³-hybridized carbons (Fsp3) is 0.0455. The molecule has 6 aromatic rings. The highest BCUT2D eigenvalue weighted by molar-refractivity contribution is 5.96. The number of nitrogens with one attached hydrogen (secondary N) is 2. The molecule has 0 radical (unpaired) electrons. The van der Waals surface area contributed by atoms with Gasteiger partial charge in [-0.1, -0.05) is 12.1 Å². The molecule has 0 aliphatic heterocycles. The number of halogens is 1. The Morgan fingerprint density at radius 3 is 2.74 bits per heavy atom. The Hall–Kier alpha value is -4.40. The number of hydrogen-bond acceptors (Lipinski definition) is 5. The molecule has 0 unspecified atom stereocenters. The van der Waals surface area contributed by atoms with Gasteiger partial charge in [-0.15, -0.1) is 0 Å². The third-order valence-corrected chi connectivity index (χ3v) is 5.17. The molecule has 150 valence electrons. The van der Waals surface area contributed by atoms with Gasteiger partial charge in [-0.2, -0.15) is 10.2 Å². The number of benzene rings is 1. The minimum absolute atomic E-state index is 0.319. The maximum absolute atomic E-state index is 13.8. The first kappa shape index (κ1) is 17.5. The van der Waals surface area contributed by atoms with Crippen LogP contribution in [0.5, 0.6) is 0 Å². The fourth-order valence-electron chi connectivity index (χ4n) is 3.70. The molecule has 0 aliphatic carbocycles. The van der Waals surface area contributed by atoms with Crippen molar-refractivity contribution in [3.05, 3.63) is 67.0 Å². The molecule has 0 saturated carbocycles. The molecule has 5 aromatic heterocycles. The first-order valence-corrected chi connectivity index (χ1v) is 9.60. The van der Waals surface area contributed by atoms with Crippen LogP contribution >= 0.6 is 0 Å². The number of hydrogen-bond donors (Lipinski definition) is 2. The summed E-state index contributed by atoms with van der Waals surface area (Å²) in [6, 6.07) is 10.1. The van der Waals surface area contributed by atoms with E-state index in [9.17, 15) is 4.39 Å². The molecule has 31 heavy (non-hydrogen) atoms. The first-order chi connectivity index (χ1) is 15.2. The summed E-state index contributed by atoms with van der Waals surface area (Å²) in [6.45, 7) is 0. The minimum Gasteiger partial charge on any atom is -0.336 e. The van der Waals surface area contributed by atoms with Gasteiger partial charge in [0.2, 0.25) is 0 Å². The van der Waals surface area contributed by atoms with Crippen molar-refractivity contribution in [2.75, 3.05) is 0 Å². The van der Waals surface area contributed by atoms with Crippen LogP contribution in [0.2, 0.25) is 0 Å². The van der Waals surface area contributed by atoms with Crippen molar-refractivity contribution in [3.8, 4) is 34.0 Å². The predicted octanol–water partition coefficient (Wildman–Crippen LogP) is 4.10. The summed E-state index contributed by atoms with van der Waals surface area (Å²) in [4.78, 5) is 17.0. The molecule has 0 atom stereocenters. The largest absolute Gasteiger partial charge is 0.336 e. The van der Waals surface area contributed by atoms with E-state index < -0.39 is 0 Å². The minimum atomic E-state index is -0.319. The van der Waals surface area contributed by atoms with Gasteiger partial charge < -0.3 is 4.98 Å². The molecule has 8 nitrogen and oxygen atoms in total. The summed E-state index contributed by atoms with van der Waals surface area (Å²) >= 11 is 0. The van der Waals surface area contributed by atoms with E-state index in [1.54, 1.807) is 29.3 Å². The third-order valence-electron chi connectivity index (χ3n) is 5.17. The molecule has 0 amide bonds. The second kappa shape index (κ2) is 6.56. The van der Waals surface area contributed by atoms with Gasteiger partial charge in [-0.25, -0.2) is 9.37 Å². The normalized spacial score (nSPS) is 11.5. The van der Waals surface area contributed by atoms with E-state index in [-0.39, 0.29) is 5.82 Å². The standard InChI is InChI=1S/C22H15FN8/c1-31-11-13(9-26-31)17-8-15-18(10-25-17)29-30-20(15)22-27-16-5-6-24-19(21(16)28-22)12-3-2-4-14(23)7-12/h2-11H,1H3,(H,27,28)(H,29,30). The number of nitrogens with zero attached hydrogens (tertiary/aromatic N) is 6. The van der Waals surface area contributed by atoms with E-state index in [1.807, 2.05) is 31.4 Å². The lowest BCUT2D eigenvalue weighted by atomic mass is 10.1. The molecule has 2 N–H and O–H groups in total. The number of aryl methyl sites for hydroxylation is 1. The van der Waals surface area contributed by atoms with E-state index in [2.05, 4.69) is 30.2 Å². The summed E-state index contributed by atoms with van der Waals surface area (Å²) in [6.07, 6.45) is 7.10. The molecule has 0 saturated heterocycles. The van der Waals surface area contributed by atoms with Crippen LogP contribution in [0.4, 0.5) is 4.39 Å². The van der Waals surface area contributed by atoms with Crippen LogP contribution in [-0.2, 0) is 7.05 Å². The lowest BCUT2D eigenvalue weighted by Gasteiger charge is -2.01. The highest BCUT2D eigenvalue weighted by Crippen LogP contribution is 2.31. The smallest absolute Gasteiger partial charge is 0.159 e. The van der Waals surface area contributed by atoms with E-state index in [4.69, 9.17) is 4.98 Å². The first-order valence-electron chi connectivity index (χ1n) is 9.60. The van der Waals surface area contributed by atoms with Gasteiger partial charge in [0, 0.05) is 36.0 Å². The maximum atomic E-state index is 13.8. The van der Waals surface area contributed by atoms with Crippen LogP contribution in [0.25, 0.3) is 56.0 Å². The second-order valence-electron chi connectivity index (χ2n) is 7.24. The van der Waals surface area contributed by atoms with Crippen LogP contribution in [0.15, 0.2) is 61.2 Å². The molecule has 9 heteroatoms. The Labute approximate surface area is 174 Å². The molecule has 0 bridgehead atoms. The lowest BCUT2D eigenvalue weighted by Crippen LogP contribution is -1.87. The summed E-state index contributed by atoms with van der Waals surface area (Å²) < 4.78 is 15.5. The highest BCUT2D eigenvalue weighted by Gasteiger charge is 2.17. The second-order valence-corrected chi connectivity index (χ2v) is 7.24. The average Bonchev–Trinajstić information content (AvgIpc) is 3.50. The van der Waals surface area contributed by atoms with E-state index in [0.717, 1.165) is 27.7 Å². The molecule has 0 fully saturated rings. The number of pyridine rings is 2. The van der Waals surface area contributed by atoms with Crippen molar-refractivity contribution in [2.45, 2.75) is 0 Å². The topological polar surface area (TPSA) is 101 Å². The van der Waals surface area contributed by atoms with Crippen molar-refractivity contribution in [1.29, 1.82) is 0 Å². The van der Waals surface area contributed by atoms with Crippen LogP contribution in [0.3, 0.4) is 0 Å². The van der Waals surface area contributed by atoms with Gasteiger partial charge >= 0.3 is 0 Å². The summed E-state index contributed by atoms with van der Waals surface area (Å²) in [5.74, 6) is 0.274. The zero-order chi connectivity index (χ0) is 20.9. The number of rotatable bonds is 3. The van der Waals surface area contributed by atoms with Gasteiger partial charge in [-0.3, -0.25) is 19.7 Å². The van der Waals surface area contributed by atoms with Gasteiger partial charge in [0.25, 0.3) is 0 Å². The van der Waals surface area contributed by atoms with Crippen LogP contribution in [0.1, 0.15) is 0 Å². The Morgan fingerprint density at radius 1 is 0.968 bits per heavy atom. The summed E-state index contributed by atoms with van der Waals surface area (Å²) in [7, 11) is 1.87.